The highest BCUT2D eigenvalue weighted by Crippen LogP contribution is 2.07. The van der Waals surface area contributed by atoms with Crippen LogP contribution in [-0.2, 0) is 6.54 Å². The molecule has 2 heterocycles. The third kappa shape index (κ3) is 3.55. The van der Waals surface area contributed by atoms with E-state index in [9.17, 15) is 0 Å². The number of hydrogen-bond donors (Lipinski definition) is 1. The molecule has 0 radical (unpaired) electrons. The number of aromatic nitrogens is 3. The van der Waals surface area contributed by atoms with E-state index in [0.717, 1.165) is 30.9 Å². The normalized spacial score (nSPS) is 10.2. The number of hydrogen-bond acceptors (Lipinski definition) is 4. The SMILES string of the molecule is Cc1cc(C)n(CCCNc2ccnc(C#N)c2)n1. The van der Waals surface area contributed by atoms with Crippen molar-refractivity contribution in [1.29, 1.82) is 5.26 Å². The van der Waals surface area contributed by atoms with Gasteiger partial charge in [-0.05, 0) is 38.5 Å². The Bertz CT molecular complexity index is 594. The van der Waals surface area contributed by atoms with Gasteiger partial charge in [-0.2, -0.15) is 10.4 Å². The molecule has 0 fully saturated rings. The second-order valence-corrected chi connectivity index (χ2v) is 4.47. The molecule has 1 N–H and O–H groups in total. The lowest BCUT2D eigenvalue weighted by atomic mass is 10.3. The highest BCUT2D eigenvalue weighted by atomic mass is 15.3. The van der Waals surface area contributed by atoms with Gasteiger partial charge in [-0.3, -0.25) is 4.68 Å². The molecule has 0 aliphatic rings. The number of pyridine rings is 1. The molecule has 98 valence electrons. The van der Waals surface area contributed by atoms with Crippen LogP contribution in [-0.4, -0.2) is 21.3 Å². The van der Waals surface area contributed by atoms with Crippen molar-refractivity contribution in [2.75, 3.05) is 11.9 Å². The van der Waals surface area contributed by atoms with Crippen molar-refractivity contribution >= 4 is 5.69 Å². The summed E-state index contributed by atoms with van der Waals surface area (Å²) in [6.07, 6.45) is 2.62. The van der Waals surface area contributed by atoms with Gasteiger partial charge in [0.25, 0.3) is 0 Å². The zero-order chi connectivity index (χ0) is 13.7. The third-order valence-electron chi connectivity index (χ3n) is 2.85. The molecule has 0 amide bonds. The van der Waals surface area contributed by atoms with Gasteiger partial charge < -0.3 is 5.32 Å². The molecule has 5 nitrogen and oxygen atoms in total. The average molecular weight is 255 g/mol. The average Bonchev–Trinajstić information content (AvgIpc) is 2.73. The summed E-state index contributed by atoms with van der Waals surface area (Å²) in [5.41, 5.74) is 3.61. The highest BCUT2D eigenvalue weighted by molar-refractivity contribution is 5.45. The third-order valence-corrected chi connectivity index (χ3v) is 2.85. The lowest BCUT2D eigenvalue weighted by Gasteiger charge is -2.07. The van der Waals surface area contributed by atoms with Crippen LogP contribution in [0.15, 0.2) is 24.4 Å². The minimum atomic E-state index is 0.434. The maximum Gasteiger partial charge on any atom is 0.142 e. The van der Waals surface area contributed by atoms with Gasteiger partial charge in [0, 0.05) is 30.7 Å². The van der Waals surface area contributed by atoms with E-state index in [4.69, 9.17) is 5.26 Å². The first-order valence-corrected chi connectivity index (χ1v) is 6.30. The molecule has 0 atom stereocenters. The molecule has 2 aromatic heterocycles. The number of nitrogens with zero attached hydrogens (tertiary/aromatic N) is 4. The Morgan fingerprint density at radius 2 is 2.21 bits per heavy atom. The molecule has 0 saturated heterocycles. The first-order chi connectivity index (χ1) is 9.19. The molecule has 0 bridgehead atoms. The fourth-order valence-corrected chi connectivity index (χ4v) is 1.96. The van der Waals surface area contributed by atoms with E-state index in [-0.39, 0.29) is 0 Å². The van der Waals surface area contributed by atoms with Crippen molar-refractivity contribution in [1.82, 2.24) is 14.8 Å². The summed E-state index contributed by atoms with van der Waals surface area (Å²) in [7, 11) is 0. The van der Waals surface area contributed by atoms with E-state index in [2.05, 4.69) is 28.4 Å². The molecular weight excluding hydrogens is 238 g/mol. The van der Waals surface area contributed by atoms with E-state index in [1.807, 2.05) is 23.7 Å². The minimum absolute atomic E-state index is 0.434. The Morgan fingerprint density at radius 1 is 1.37 bits per heavy atom. The van der Waals surface area contributed by atoms with Crippen LogP contribution in [0.1, 0.15) is 23.5 Å². The van der Waals surface area contributed by atoms with E-state index in [0.29, 0.717) is 5.69 Å². The van der Waals surface area contributed by atoms with Crippen LogP contribution in [0.3, 0.4) is 0 Å². The van der Waals surface area contributed by atoms with E-state index in [1.165, 1.54) is 5.69 Å². The zero-order valence-corrected chi connectivity index (χ0v) is 11.2. The maximum atomic E-state index is 8.76. The van der Waals surface area contributed by atoms with Gasteiger partial charge in [0.1, 0.15) is 11.8 Å². The Kier molecular flexibility index (Phi) is 4.14. The Labute approximate surface area is 112 Å². The molecule has 0 spiro atoms. The first kappa shape index (κ1) is 13.1. The molecule has 19 heavy (non-hydrogen) atoms. The molecule has 2 aromatic rings. The van der Waals surface area contributed by atoms with E-state index in [1.54, 1.807) is 12.3 Å². The number of rotatable bonds is 5. The second-order valence-electron chi connectivity index (χ2n) is 4.47. The Balaban J connectivity index is 1.81. The molecule has 0 aliphatic heterocycles. The summed E-state index contributed by atoms with van der Waals surface area (Å²) in [5.74, 6) is 0. The van der Waals surface area contributed by atoms with Crippen LogP contribution in [0, 0.1) is 25.2 Å². The van der Waals surface area contributed by atoms with Gasteiger partial charge in [-0.15, -0.1) is 0 Å². The van der Waals surface area contributed by atoms with Crippen molar-refractivity contribution in [2.24, 2.45) is 0 Å². The number of nitriles is 1. The second kappa shape index (κ2) is 6.01. The summed E-state index contributed by atoms with van der Waals surface area (Å²) in [6.45, 7) is 5.80. The van der Waals surface area contributed by atoms with Crippen LogP contribution in [0.2, 0.25) is 0 Å². The molecule has 0 unspecified atom stereocenters. The summed E-state index contributed by atoms with van der Waals surface area (Å²) in [4.78, 5) is 3.93. The maximum absolute atomic E-state index is 8.76. The summed E-state index contributed by atoms with van der Waals surface area (Å²) in [5, 5.41) is 16.5. The van der Waals surface area contributed by atoms with Crippen LogP contribution in [0.25, 0.3) is 0 Å². The fourth-order valence-electron chi connectivity index (χ4n) is 1.96. The molecule has 2 rings (SSSR count). The molecule has 0 aliphatic carbocycles. The van der Waals surface area contributed by atoms with E-state index >= 15 is 0 Å². The summed E-state index contributed by atoms with van der Waals surface area (Å²) < 4.78 is 2.02. The number of anilines is 1. The molecular formula is C14H17N5. The van der Waals surface area contributed by atoms with Crippen LogP contribution < -0.4 is 5.32 Å². The van der Waals surface area contributed by atoms with Crippen molar-refractivity contribution < 1.29 is 0 Å². The van der Waals surface area contributed by atoms with Crippen LogP contribution in [0.5, 0.6) is 0 Å². The van der Waals surface area contributed by atoms with Gasteiger partial charge in [0.05, 0.1) is 5.69 Å². The Hall–Kier alpha value is -2.35. The van der Waals surface area contributed by atoms with Gasteiger partial charge in [0.15, 0.2) is 0 Å². The molecule has 0 saturated carbocycles. The van der Waals surface area contributed by atoms with Gasteiger partial charge in [-0.25, -0.2) is 4.98 Å². The van der Waals surface area contributed by atoms with Crippen LogP contribution in [0.4, 0.5) is 5.69 Å². The first-order valence-electron chi connectivity index (χ1n) is 6.30. The predicted molar refractivity (Wildman–Crippen MR) is 73.8 cm³/mol. The quantitative estimate of drug-likeness (QED) is 0.832. The predicted octanol–water partition coefficient (Wildman–Crippen LogP) is 2.27. The van der Waals surface area contributed by atoms with E-state index < -0.39 is 0 Å². The Morgan fingerprint density at radius 3 is 2.89 bits per heavy atom. The fraction of sp³-hybridized carbons (Fsp3) is 0.357. The zero-order valence-electron chi connectivity index (χ0n) is 11.2. The number of aryl methyl sites for hydroxylation is 3. The minimum Gasteiger partial charge on any atom is -0.385 e. The number of nitrogens with one attached hydrogen (secondary N) is 1. The topological polar surface area (TPSA) is 66.5 Å². The smallest absolute Gasteiger partial charge is 0.142 e. The molecule has 5 heteroatoms. The monoisotopic (exact) mass is 255 g/mol. The van der Waals surface area contributed by atoms with Crippen LogP contribution >= 0.6 is 0 Å². The van der Waals surface area contributed by atoms with Gasteiger partial charge >= 0.3 is 0 Å². The van der Waals surface area contributed by atoms with Gasteiger partial charge in [-0.1, -0.05) is 0 Å². The van der Waals surface area contributed by atoms with Crippen molar-refractivity contribution in [2.45, 2.75) is 26.8 Å². The summed E-state index contributed by atoms with van der Waals surface area (Å²) in [6, 6.07) is 7.73. The molecule has 0 aromatic carbocycles. The lowest BCUT2D eigenvalue weighted by molar-refractivity contribution is 0.574. The van der Waals surface area contributed by atoms with Crippen molar-refractivity contribution in [3.05, 3.63) is 41.5 Å². The van der Waals surface area contributed by atoms with Crippen molar-refractivity contribution in [3.63, 3.8) is 0 Å². The largest absolute Gasteiger partial charge is 0.385 e. The summed E-state index contributed by atoms with van der Waals surface area (Å²) >= 11 is 0. The lowest BCUT2D eigenvalue weighted by Crippen LogP contribution is -2.09. The van der Waals surface area contributed by atoms with Crippen molar-refractivity contribution in [3.8, 4) is 6.07 Å². The van der Waals surface area contributed by atoms with Gasteiger partial charge in [0.2, 0.25) is 0 Å². The highest BCUT2D eigenvalue weighted by Gasteiger charge is 2.00. The standard InChI is InChI=1S/C14H17N5/c1-11-8-12(2)19(18-11)7-3-5-16-13-4-6-17-14(9-13)10-15/h4,6,8-9H,3,5,7H2,1-2H3,(H,16,17).